The highest BCUT2D eigenvalue weighted by molar-refractivity contribution is 5.85. The summed E-state index contributed by atoms with van der Waals surface area (Å²) in [5, 5.41) is 6.22. The monoisotopic (exact) mass is 236 g/mol. The summed E-state index contributed by atoms with van der Waals surface area (Å²) in [6.45, 7) is 4.27. The molecule has 1 saturated heterocycles. The molecule has 1 fully saturated rings. The minimum absolute atomic E-state index is 0. The first-order valence-electron chi connectivity index (χ1n) is 5.29. The second-order valence-corrected chi connectivity index (χ2v) is 3.65. The number of hydrogen-bond acceptors (Lipinski definition) is 3. The van der Waals surface area contributed by atoms with Gasteiger partial charge in [0.2, 0.25) is 5.91 Å². The Morgan fingerprint density at radius 3 is 2.93 bits per heavy atom. The molecule has 2 N–H and O–H groups in total. The van der Waals surface area contributed by atoms with E-state index in [0.29, 0.717) is 19.2 Å². The number of carbonyl (C=O) groups excluding carboxylic acids is 1. The second-order valence-electron chi connectivity index (χ2n) is 3.65. The Hall–Kier alpha value is -0.320. The molecule has 0 spiro atoms. The maximum atomic E-state index is 11.7. The van der Waals surface area contributed by atoms with E-state index in [4.69, 9.17) is 4.74 Å². The van der Waals surface area contributed by atoms with Crippen molar-refractivity contribution in [2.75, 3.05) is 26.8 Å². The summed E-state index contributed by atoms with van der Waals surface area (Å²) in [6.07, 6.45) is 1.97. The zero-order chi connectivity index (χ0) is 10.4. The Labute approximate surface area is 97.5 Å². The maximum Gasteiger partial charge on any atom is 0.224 e. The molecule has 5 heteroatoms. The fourth-order valence-electron chi connectivity index (χ4n) is 1.92. The fraction of sp³-hybridized carbons (Fsp3) is 0.900. The highest BCUT2D eigenvalue weighted by Gasteiger charge is 2.30. The predicted octanol–water partition coefficient (Wildman–Crippen LogP) is 0.559. The van der Waals surface area contributed by atoms with Crippen molar-refractivity contribution in [3.63, 3.8) is 0 Å². The van der Waals surface area contributed by atoms with Crippen LogP contribution in [0.3, 0.4) is 0 Å². The van der Waals surface area contributed by atoms with Gasteiger partial charge >= 0.3 is 0 Å². The molecule has 15 heavy (non-hydrogen) atoms. The van der Waals surface area contributed by atoms with Gasteiger partial charge in [0.25, 0.3) is 0 Å². The zero-order valence-corrected chi connectivity index (χ0v) is 10.2. The van der Waals surface area contributed by atoms with Crippen molar-refractivity contribution in [3.05, 3.63) is 0 Å². The normalized spacial score (nSPS) is 24.7. The van der Waals surface area contributed by atoms with Crippen molar-refractivity contribution in [2.24, 2.45) is 5.92 Å². The molecule has 0 saturated carbocycles. The van der Waals surface area contributed by atoms with Gasteiger partial charge in [-0.05, 0) is 19.4 Å². The number of ether oxygens (including phenoxy) is 1. The summed E-state index contributed by atoms with van der Waals surface area (Å²) in [4.78, 5) is 11.7. The number of halogens is 1. The third kappa shape index (κ3) is 4.36. The van der Waals surface area contributed by atoms with Gasteiger partial charge in [-0.25, -0.2) is 0 Å². The van der Waals surface area contributed by atoms with Crippen LogP contribution in [0.15, 0.2) is 0 Å². The van der Waals surface area contributed by atoms with Crippen molar-refractivity contribution in [1.82, 2.24) is 10.6 Å². The van der Waals surface area contributed by atoms with Crippen molar-refractivity contribution in [2.45, 2.75) is 25.8 Å². The van der Waals surface area contributed by atoms with Gasteiger partial charge in [-0.1, -0.05) is 6.92 Å². The first kappa shape index (κ1) is 14.7. The molecule has 1 aliphatic heterocycles. The van der Waals surface area contributed by atoms with Crippen molar-refractivity contribution in [3.8, 4) is 0 Å². The number of methoxy groups -OCH3 is 1. The molecule has 2 unspecified atom stereocenters. The number of rotatable bonds is 5. The summed E-state index contributed by atoms with van der Waals surface area (Å²) in [5.41, 5.74) is 0. The lowest BCUT2D eigenvalue weighted by molar-refractivity contribution is -0.125. The number of amides is 1. The molecule has 1 heterocycles. The number of nitrogens with one attached hydrogen (secondary N) is 2. The molecule has 0 aromatic heterocycles. The van der Waals surface area contributed by atoms with Gasteiger partial charge in [-0.15, -0.1) is 12.4 Å². The predicted molar refractivity (Wildman–Crippen MR) is 62.3 cm³/mol. The Bertz CT molecular complexity index is 190. The maximum absolute atomic E-state index is 11.7. The zero-order valence-electron chi connectivity index (χ0n) is 9.41. The third-order valence-electron chi connectivity index (χ3n) is 2.73. The van der Waals surface area contributed by atoms with Crippen LogP contribution in [0.1, 0.15) is 19.8 Å². The standard InChI is InChI=1S/C10H20N2O2.ClH/c1-3-9-8(4-5-11-9)10(13)12-6-7-14-2;/h8-9,11H,3-7H2,1-2H3,(H,12,13);1H. The van der Waals surface area contributed by atoms with Crippen molar-refractivity contribution >= 4 is 18.3 Å². The van der Waals surface area contributed by atoms with Gasteiger partial charge in [0.15, 0.2) is 0 Å². The number of carbonyl (C=O) groups is 1. The Balaban J connectivity index is 0.00000196. The minimum Gasteiger partial charge on any atom is -0.383 e. The lowest BCUT2D eigenvalue weighted by Gasteiger charge is -2.17. The van der Waals surface area contributed by atoms with E-state index in [1.807, 2.05) is 0 Å². The van der Waals surface area contributed by atoms with Crippen LogP contribution in [-0.4, -0.2) is 38.8 Å². The van der Waals surface area contributed by atoms with E-state index in [9.17, 15) is 4.79 Å². The molecular weight excluding hydrogens is 216 g/mol. The molecule has 0 aliphatic carbocycles. The average Bonchev–Trinajstić information content (AvgIpc) is 2.65. The second kappa shape index (κ2) is 7.91. The lowest BCUT2D eigenvalue weighted by Crippen LogP contribution is -2.39. The van der Waals surface area contributed by atoms with Crippen LogP contribution in [-0.2, 0) is 9.53 Å². The minimum atomic E-state index is 0. The molecule has 0 aromatic rings. The average molecular weight is 237 g/mol. The van der Waals surface area contributed by atoms with E-state index >= 15 is 0 Å². The quantitative estimate of drug-likeness (QED) is 0.686. The van der Waals surface area contributed by atoms with Gasteiger partial charge in [-0.3, -0.25) is 4.79 Å². The molecule has 0 bridgehead atoms. The molecule has 0 aromatic carbocycles. The Morgan fingerprint density at radius 1 is 1.60 bits per heavy atom. The van der Waals surface area contributed by atoms with Crippen molar-refractivity contribution < 1.29 is 9.53 Å². The van der Waals surface area contributed by atoms with E-state index in [1.165, 1.54) is 0 Å². The summed E-state index contributed by atoms with van der Waals surface area (Å²) < 4.78 is 4.88. The van der Waals surface area contributed by atoms with Crippen LogP contribution >= 0.6 is 12.4 Å². The van der Waals surface area contributed by atoms with E-state index < -0.39 is 0 Å². The highest BCUT2D eigenvalue weighted by atomic mass is 35.5. The molecule has 90 valence electrons. The first-order chi connectivity index (χ1) is 6.79. The smallest absolute Gasteiger partial charge is 0.224 e. The van der Waals surface area contributed by atoms with E-state index in [2.05, 4.69) is 17.6 Å². The fourth-order valence-corrected chi connectivity index (χ4v) is 1.92. The Kier molecular flexibility index (Phi) is 7.74. The van der Waals surface area contributed by atoms with Gasteiger partial charge in [0.1, 0.15) is 0 Å². The molecule has 4 nitrogen and oxygen atoms in total. The highest BCUT2D eigenvalue weighted by Crippen LogP contribution is 2.17. The SMILES string of the molecule is CCC1NCCC1C(=O)NCCOC.Cl. The largest absolute Gasteiger partial charge is 0.383 e. The first-order valence-corrected chi connectivity index (χ1v) is 5.29. The Morgan fingerprint density at radius 2 is 2.33 bits per heavy atom. The van der Waals surface area contributed by atoms with E-state index in [-0.39, 0.29) is 24.2 Å². The molecular formula is C10H21ClN2O2. The van der Waals surface area contributed by atoms with Crippen LogP contribution in [0, 0.1) is 5.92 Å². The molecule has 1 aliphatic rings. The summed E-state index contributed by atoms with van der Waals surface area (Å²) >= 11 is 0. The summed E-state index contributed by atoms with van der Waals surface area (Å²) in [7, 11) is 1.64. The third-order valence-corrected chi connectivity index (χ3v) is 2.73. The molecule has 0 radical (unpaired) electrons. The van der Waals surface area contributed by atoms with Crippen LogP contribution in [0.4, 0.5) is 0 Å². The van der Waals surface area contributed by atoms with Crippen LogP contribution in [0.2, 0.25) is 0 Å². The van der Waals surface area contributed by atoms with Gasteiger partial charge in [0, 0.05) is 19.7 Å². The van der Waals surface area contributed by atoms with Crippen molar-refractivity contribution in [1.29, 1.82) is 0 Å². The molecule has 1 amide bonds. The molecule has 1 rings (SSSR count). The van der Waals surface area contributed by atoms with Gasteiger partial charge < -0.3 is 15.4 Å². The molecule has 2 atom stereocenters. The lowest BCUT2D eigenvalue weighted by atomic mass is 9.98. The van der Waals surface area contributed by atoms with E-state index in [1.54, 1.807) is 7.11 Å². The summed E-state index contributed by atoms with van der Waals surface area (Å²) in [5.74, 6) is 0.316. The van der Waals surface area contributed by atoms with E-state index in [0.717, 1.165) is 19.4 Å². The summed E-state index contributed by atoms with van der Waals surface area (Å²) in [6, 6.07) is 0.359. The number of hydrogen-bond donors (Lipinski definition) is 2. The van der Waals surface area contributed by atoms with Gasteiger partial charge in [-0.2, -0.15) is 0 Å². The van der Waals surface area contributed by atoms with Crippen LogP contribution in [0.25, 0.3) is 0 Å². The van der Waals surface area contributed by atoms with Crippen LogP contribution < -0.4 is 10.6 Å². The van der Waals surface area contributed by atoms with Gasteiger partial charge in [0.05, 0.1) is 12.5 Å². The van der Waals surface area contributed by atoms with Crippen LogP contribution in [0.5, 0.6) is 0 Å². The topological polar surface area (TPSA) is 50.4 Å².